The molecule has 6 heteroatoms. The number of nitrogens with one attached hydrogen (secondary N) is 2. The van der Waals surface area contributed by atoms with Crippen molar-refractivity contribution in [2.24, 2.45) is 5.92 Å². The van der Waals surface area contributed by atoms with E-state index in [-0.39, 0.29) is 36.8 Å². The Labute approximate surface area is 186 Å². The van der Waals surface area contributed by atoms with Crippen molar-refractivity contribution in [1.29, 1.82) is 0 Å². The summed E-state index contributed by atoms with van der Waals surface area (Å²) in [6.07, 6.45) is 8.01. The fourth-order valence-corrected chi connectivity index (χ4v) is 4.63. The molecule has 2 fully saturated rings. The fraction of sp³-hybridized carbons (Fsp3) is 0.478. The monoisotopic (exact) mass is 435 g/mol. The third-order valence-electron chi connectivity index (χ3n) is 5.99. The predicted octanol–water partition coefficient (Wildman–Crippen LogP) is 4.55. The number of hydrogen-bond donors (Lipinski definition) is 2. The molecule has 2 aliphatic heterocycles. The van der Waals surface area contributed by atoms with Crippen LogP contribution >= 0.6 is 24.8 Å². The van der Waals surface area contributed by atoms with E-state index in [0.717, 1.165) is 25.0 Å². The highest BCUT2D eigenvalue weighted by atomic mass is 35.5. The molecule has 2 N–H and O–H groups in total. The van der Waals surface area contributed by atoms with Gasteiger partial charge in [-0.05, 0) is 62.6 Å². The number of rotatable bonds is 6. The summed E-state index contributed by atoms with van der Waals surface area (Å²) in [7, 11) is 0. The maximum Gasteiger partial charge on any atom is 0.220 e. The predicted molar refractivity (Wildman–Crippen MR) is 122 cm³/mol. The number of pyridine rings is 1. The highest BCUT2D eigenvalue weighted by Crippen LogP contribution is 2.32. The summed E-state index contributed by atoms with van der Waals surface area (Å²) >= 11 is 0. The van der Waals surface area contributed by atoms with Gasteiger partial charge < -0.3 is 10.6 Å². The lowest BCUT2D eigenvalue weighted by Crippen LogP contribution is -2.40. The lowest BCUT2D eigenvalue weighted by molar-refractivity contribution is -0.123. The maximum atomic E-state index is 12.8. The van der Waals surface area contributed by atoms with Crippen LogP contribution in [-0.4, -0.2) is 23.0 Å². The molecule has 0 saturated carbocycles. The molecule has 29 heavy (non-hydrogen) atoms. The Morgan fingerprint density at radius 3 is 2.41 bits per heavy atom. The SMILES string of the molecule is Cc1ccc(CC(NC(=O)CC2CC3CCC(C2)N3)c2ccccn2)cc1.Cl.Cl. The minimum atomic E-state index is -0.0835. The van der Waals surface area contributed by atoms with Crippen molar-refractivity contribution in [3.8, 4) is 0 Å². The van der Waals surface area contributed by atoms with E-state index in [1.807, 2.05) is 18.2 Å². The van der Waals surface area contributed by atoms with Gasteiger partial charge in [0.25, 0.3) is 0 Å². The lowest BCUT2D eigenvalue weighted by Gasteiger charge is -2.29. The molecule has 0 spiro atoms. The molecule has 1 amide bonds. The first-order valence-corrected chi connectivity index (χ1v) is 10.2. The quantitative estimate of drug-likeness (QED) is 0.699. The number of amides is 1. The van der Waals surface area contributed by atoms with Gasteiger partial charge in [0.2, 0.25) is 5.91 Å². The van der Waals surface area contributed by atoms with Crippen molar-refractivity contribution < 1.29 is 4.79 Å². The molecule has 1 aromatic heterocycles. The van der Waals surface area contributed by atoms with Crippen LogP contribution in [0.1, 0.15) is 55.0 Å². The summed E-state index contributed by atoms with van der Waals surface area (Å²) in [5, 5.41) is 6.93. The van der Waals surface area contributed by atoms with E-state index in [2.05, 4.69) is 46.8 Å². The zero-order chi connectivity index (χ0) is 18.6. The van der Waals surface area contributed by atoms with Crippen LogP contribution in [0.3, 0.4) is 0 Å². The third-order valence-corrected chi connectivity index (χ3v) is 5.99. The third kappa shape index (κ3) is 6.43. The van der Waals surface area contributed by atoms with E-state index in [9.17, 15) is 4.79 Å². The number of aromatic nitrogens is 1. The Morgan fingerprint density at radius 2 is 1.79 bits per heavy atom. The van der Waals surface area contributed by atoms with E-state index in [1.54, 1.807) is 6.20 Å². The van der Waals surface area contributed by atoms with E-state index >= 15 is 0 Å². The van der Waals surface area contributed by atoms with Crippen LogP contribution in [0.2, 0.25) is 0 Å². The number of aryl methyl sites for hydroxylation is 1. The number of carbonyl (C=O) groups is 1. The molecule has 1 aromatic carbocycles. The summed E-state index contributed by atoms with van der Waals surface area (Å²) in [5.41, 5.74) is 3.39. The van der Waals surface area contributed by atoms with Gasteiger partial charge in [-0.25, -0.2) is 0 Å². The molecule has 0 aliphatic carbocycles. The van der Waals surface area contributed by atoms with Crippen LogP contribution in [-0.2, 0) is 11.2 Å². The average Bonchev–Trinajstić information content (AvgIpc) is 3.02. The Morgan fingerprint density at radius 1 is 1.10 bits per heavy atom. The molecule has 2 bridgehead atoms. The normalized spacial score (nSPS) is 23.4. The van der Waals surface area contributed by atoms with Crippen LogP contribution in [0.15, 0.2) is 48.7 Å². The molecule has 2 aromatic rings. The average molecular weight is 436 g/mol. The van der Waals surface area contributed by atoms with Gasteiger partial charge in [0.15, 0.2) is 0 Å². The van der Waals surface area contributed by atoms with Crippen molar-refractivity contribution >= 4 is 30.7 Å². The number of benzene rings is 1. The molecule has 3 atom stereocenters. The number of hydrogen-bond acceptors (Lipinski definition) is 3. The van der Waals surface area contributed by atoms with E-state index in [0.29, 0.717) is 24.4 Å². The standard InChI is InChI=1S/C23H29N3O.2ClH/c1-16-5-7-17(8-6-16)14-22(21-4-2-3-11-24-21)26-23(27)15-18-12-19-9-10-20(13-18)25-19;;/h2-8,11,18-20,22,25H,9-10,12-15H2,1H3,(H,26,27);2*1H. The second kappa shape index (κ2) is 11.0. The summed E-state index contributed by atoms with van der Waals surface area (Å²) in [6.45, 7) is 2.09. The summed E-state index contributed by atoms with van der Waals surface area (Å²) < 4.78 is 0. The van der Waals surface area contributed by atoms with Crippen molar-refractivity contribution in [3.63, 3.8) is 0 Å². The van der Waals surface area contributed by atoms with E-state index < -0.39 is 0 Å². The van der Waals surface area contributed by atoms with Crippen molar-refractivity contribution in [2.75, 3.05) is 0 Å². The second-order valence-corrected chi connectivity index (χ2v) is 8.24. The molecule has 4 nitrogen and oxygen atoms in total. The van der Waals surface area contributed by atoms with Crippen LogP contribution in [0.4, 0.5) is 0 Å². The van der Waals surface area contributed by atoms with Gasteiger partial charge >= 0.3 is 0 Å². The van der Waals surface area contributed by atoms with E-state index in [4.69, 9.17) is 0 Å². The largest absolute Gasteiger partial charge is 0.347 e. The second-order valence-electron chi connectivity index (χ2n) is 8.24. The number of halogens is 2. The van der Waals surface area contributed by atoms with E-state index in [1.165, 1.54) is 24.0 Å². The zero-order valence-corrected chi connectivity index (χ0v) is 18.5. The Hall–Kier alpha value is -1.62. The maximum absolute atomic E-state index is 12.8. The molecular weight excluding hydrogens is 405 g/mol. The molecule has 3 heterocycles. The lowest BCUT2D eigenvalue weighted by atomic mass is 9.89. The van der Waals surface area contributed by atoms with Crippen LogP contribution in [0.25, 0.3) is 0 Å². The van der Waals surface area contributed by atoms with Gasteiger partial charge in [-0.1, -0.05) is 35.9 Å². The molecular formula is C23H31Cl2N3O. The van der Waals surface area contributed by atoms with Gasteiger partial charge in [0, 0.05) is 24.7 Å². The van der Waals surface area contributed by atoms with Crippen molar-refractivity contribution in [1.82, 2.24) is 15.6 Å². The van der Waals surface area contributed by atoms with Crippen molar-refractivity contribution in [3.05, 3.63) is 65.5 Å². The molecule has 3 unspecified atom stereocenters. The summed E-state index contributed by atoms with van der Waals surface area (Å²) in [5.74, 6) is 0.663. The molecule has 2 aliphatic rings. The molecule has 0 radical (unpaired) electrons. The summed E-state index contributed by atoms with van der Waals surface area (Å²) in [6, 6.07) is 15.6. The van der Waals surface area contributed by atoms with Crippen LogP contribution < -0.4 is 10.6 Å². The van der Waals surface area contributed by atoms with Gasteiger partial charge in [-0.15, -0.1) is 24.8 Å². The fourth-order valence-electron chi connectivity index (χ4n) is 4.63. The molecule has 158 valence electrons. The van der Waals surface area contributed by atoms with Crippen molar-refractivity contribution in [2.45, 2.75) is 63.6 Å². The number of piperidine rings is 1. The Bertz CT molecular complexity index is 757. The molecule has 4 rings (SSSR count). The van der Waals surface area contributed by atoms with Gasteiger partial charge in [0.1, 0.15) is 0 Å². The highest BCUT2D eigenvalue weighted by molar-refractivity contribution is 5.85. The first-order valence-electron chi connectivity index (χ1n) is 10.2. The highest BCUT2D eigenvalue weighted by Gasteiger charge is 2.34. The Balaban J connectivity index is 0.00000150. The van der Waals surface area contributed by atoms with Gasteiger partial charge in [0.05, 0.1) is 11.7 Å². The number of nitrogens with zero attached hydrogens (tertiary/aromatic N) is 1. The van der Waals surface area contributed by atoms with Crippen LogP contribution in [0.5, 0.6) is 0 Å². The van der Waals surface area contributed by atoms with Crippen LogP contribution in [0, 0.1) is 12.8 Å². The summed E-state index contributed by atoms with van der Waals surface area (Å²) in [4.78, 5) is 17.3. The topological polar surface area (TPSA) is 54.0 Å². The Kier molecular flexibility index (Phi) is 8.94. The zero-order valence-electron chi connectivity index (χ0n) is 16.8. The van der Waals surface area contributed by atoms with Gasteiger partial charge in [-0.2, -0.15) is 0 Å². The first kappa shape index (κ1) is 23.7. The minimum Gasteiger partial charge on any atom is -0.347 e. The number of carbonyl (C=O) groups excluding carboxylic acids is 1. The number of fused-ring (bicyclic) bond motifs is 2. The first-order chi connectivity index (χ1) is 13.2. The van der Waals surface area contributed by atoms with Gasteiger partial charge in [-0.3, -0.25) is 9.78 Å². The molecule has 2 saturated heterocycles. The smallest absolute Gasteiger partial charge is 0.220 e. The minimum absolute atomic E-state index is 0.